The second-order valence-electron chi connectivity index (χ2n) is 6.55. The molecule has 0 bridgehead atoms. The molecule has 1 aromatic rings. The first-order valence-electron chi connectivity index (χ1n) is 8.11. The van der Waals surface area contributed by atoms with Gasteiger partial charge in [0, 0.05) is 12.6 Å². The minimum absolute atomic E-state index is 0.408. The largest absolute Gasteiger partial charge is 0.389 e. The summed E-state index contributed by atoms with van der Waals surface area (Å²) in [5.41, 5.74) is 0.880. The fourth-order valence-corrected chi connectivity index (χ4v) is 3.20. The molecule has 1 aliphatic rings. The van der Waals surface area contributed by atoms with Gasteiger partial charge in [0.25, 0.3) is 0 Å². The number of aliphatic hydroxyl groups is 1. The number of hydrogen-bond acceptors (Lipinski definition) is 2. The topological polar surface area (TPSA) is 32.3 Å². The molecule has 1 unspecified atom stereocenters. The summed E-state index contributed by atoms with van der Waals surface area (Å²) in [6, 6.07) is 11.0. The molecule has 1 fully saturated rings. The van der Waals surface area contributed by atoms with Crippen LogP contribution in [0.2, 0.25) is 0 Å². The van der Waals surface area contributed by atoms with Gasteiger partial charge < -0.3 is 10.4 Å². The van der Waals surface area contributed by atoms with E-state index >= 15 is 0 Å². The highest BCUT2D eigenvalue weighted by Crippen LogP contribution is 2.33. The number of nitrogens with one attached hydrogen (secondary N) is 1. The van der Waals surface area contributed by atoms with Crippen LogP contribution in [0.4, 0.5) is 0 Å². The molecule has 1 aliphatic carbocycles. The van der Waals surface area contributed by atoms with Gasteiger partial charge in [-0.25, -0.2) is 0 Å². The average molecular weight is 275 g/mol. The molecule has 0 spiro atoms. The van der Waals surface area contributed by atoms with E-state index in [1.165, 1.54) is 24.8 Å². The van der Waals surface area contributed by atoms with Crippen LogP contribution in [0.1, 0.15) is 51.5 Å². The Morgan fingerprint density at radius 3 is 2.50 bits per heavy atom. The molecular formula is C18H29NO. The molecule has 0 amide bonds. The Bertz CT molecular complexity index is 382. The van der Waals surface area contributed by atoms with E-state index in [0.29, 0.717) is 6.04 Å². The Labute approximate surface area is 123 Å². The maximum absolute atomic E-state index is 10.6. The second kappa shape index (κ2) is 7.24. The van der Waals surface area contributed by atoms with Gasteiger partial charge in [0.05, 0.1) is 5.60 Å². The van der Waals surface area contributed by atoms with Gasteiger partial charge in [0.15, 0.2) is 0 Å². The zero-order chi connectivity index (χ0) is 14.4. The number of hydrogen-bond donors (Lipinski definition) is 2. The third kappa shape index (κ3) is 4.60. The third-order valence-corrected chi connectivity index (χ3v) is 4.78. The van der Waals surface area contributed by atoms with E-state index in [9.17, 15) is 5.11 Å². The van der Waals surface area contributed by atoms with Crippen LogP contribution in [0, 0.1) is 5.92 Å². The molecule has 0 saturated heterocycles. The van der Waals surface area contributed by atoms with Crippen LogP contribution in [0.3, 0.4) is 0 Å². The summed E-state index contributed by atoms with van der Waals surface area (Å²) in [6.45, 7) is 5.20. The van der Waals surface area contributed by atoms with Gasteiger partial charge in [-0.05, 0) is 50.5 Å². The standard InChI is InChI=1S/C18H29NO/c1-3-16-9-11-18(20,12-10-16)14-19-15(2)13-17-7-5-4-6-8-17/h4-8,15-16,19-20H,3,9-14H2,1-2H3. The van der Waals surface area contributed by atoms with Crippen LogP contribution in [-0.4, -0.2) is 23.3 Å². The predicted molar refractivity (Wildman–Crippen MR) is 84.8 cm³/mol. The predicted octanol–water partition coefficient (Wildman–Crippen LogP) is 3.54. The van der Waals surface area contributed by atoms with Crippen LogP contribution in [0.15, 0.2) is 30.3 Å². The summed E-state index contributed by atoms with van der Waals surface area (Å²) in [6.07, 6.45) is 6.55. The molecule has 1 saturated carbocycles. The van der Waals surface area contributed by atoms with Crippen molar-refractivity contribution in [3.8, 4) is 0 Å². The summed E-state index contributed by atoms with van der Waals surface area (Å²) >= 11 is 0. The first-order valence-corrected chi connectivity index (χ1v) is 8.11. The Hall–Kier alpha value is -0.860. The maximum atomic E-state index is 10.6. The molecule has 20 heavy (non-hydrogen) atoms. The number of benzene rings is 1. The minimum Gasteiger partial charge on any atom is -0.389 e. The Kier molecular flexibility index (Phi) is 5.62. The van der Waals surface area contributed by atoms with E-state index in [0.717, 1.165) is 31.7 Å². The van der Waals surface area contributed by atoms with Crippen molar-refractivity contribution < 1.29 is 5.11 Å². The summed E-state index contributed by atoms with van der Waals surface area (Å²) in [5.74, 6) is 0.831. The fraction of sp³-hybridized carbons (Fsp3) is 0.667. The first kappa shape index (κ1) is 15.5. The van der Waals surface area contributed by atoms with Crippen LogP contribution in [0.5, 0.6) is 0 Å². The van der Waals surface area contributed by atoms with Crippen molar-refractivity contribution in [3.05, 3.63) is 35.9 Å². The summed E-state index contributed by atoms with van der Waals surface area (Å²) < 4.78 is 0. The van der Waals surface area contributed by atoms with E-state index in [1.807, 2.05) is 0 Å². The van der Waals surface area contributed by atoms with Crippen LogP contribution in [-0.2, 0) is 6.42 Å². The second-order valence-corrected chi connectivity index (χ2v) is 6.55. The minimum atomic E-state index is -0.476. The van der Waals surface area contributed by atoms with E-state index in [1.54, 1.807) is 0 Å². The summed E-state index contributed by atoms with van der Waals surface area (Å²) in [5, 5.41) is 14.2. The molecule has 0 aliphatic heterocycles. The lowest BCUT2D eigenvalue weighted by Gasteiger charge is -2.36. The molecule has 1 atom stereocenters. The van der Waals surface area contributed by atoms with Crippen molar-refractivity contribution in [2.24, 2.45) is 5.92 Å². The van der Waals surface area contributed by atoms with Gasteiger partial charge in [-0.1, -0.05) is 43.7 Å². The van der Waals surface area contributed by atoms with E-state index in [-0.39, 0.29) is 0 Å². The molecule has 112 valence electrons. The lowest BCUT2D eigenvalue weighted by Crippen LogP contribution is -2.46. The maximum Gasteiger partial charge on any atom is 0.0771 e. The van der Waals surface area contributed by atoms with Gasteiger partial charge in [0.1, 0.15) is 0 Å². The molecule has 2 heteroatoms. The Morgan fingerprint density at radius 1 is 1.25 bits per heavy atom. The van der Waals surface area contributed by atoms with Gasteiger partial charge in [-0.3, -0.25) is 0 Å². The first-order chi connectivity index (χ1) is 9.61. The molecule has 2 nitrogen and oxygen atoms in total. The van der Waals surface area contributed by atoms with Crippen molar-refractivity contribution in [3.63, 3.8) is 0 Å². The van der Waals surface area contributed by atoms with Gasteiger partial charge >= 0.3 is 0 Å². The van der Waals surface area contributed by atoms with Crippen molar-refractivity contribution in [2.45, 2.75) is 64.0 Å². The Morgan fingerprint density at radius 2 is 1.90 bits per heavy atom. The SMILES string of the molecule is CCC1CCC(O)(CNC(C)Cc2ccccc2)CC1. The third-order valence-electron chi connectivity index (χ3n) is 4.78. The summed E-state index contributed by atoms with van der Waals surface area (Å²) in [4.78, 5) is 0. The molecular weight excluding hydrogens is 246 g/mol. The molecule has 0 radical (unpaired) electrons. The zero-order valence-corrected chi connectivity index (χ0v) is 12.9. The van der Waals surface area contributed by atoms with Gasteiger partial charge in [-0.15, -0.1) is 0 Å². The zero-order valence-electron chi connectivity index (χ0n) is 12.9. The lowest BCUT2D eigenvalue weighted by atomic mass is 9.78. The van der Waals surface area contributed by atoms with Gasteiger partial charge in [0.2, 0.25) is 0 Å². The van der Waals surface area contributed by atoms with Crippen molar-refractivity contribution in [2.75, 3.05) is 6.54 Å². The van der Waals surface area contributed by atoms with Crippen LogP contribution < -0.4 is 5.32 Å². The monoisotopic (exact) mass is 275 g/mol. The number of rotatable bonds is 6. The molecule has 2 rings (SSSR count). The highest BCUT2D eigenvalue weighted by molar-refractivity contribution is 5.15. The summed E-state index contributed by atoms with van der Waals surface area (Å²) in [7, 11) is 0. The van der Waals surface area contributed by atoms with E-state index in [2.05, 4.69) is 49.5 Å². The molecule has 2 N–H and O–H groups in total. The Balaban J connectivity index is 1.74. The average Bonchev–Trinajstić information content (AvgIpc) is 2.47. The highest BCUT2D eigenvalue weighted by Gasteiger charge is 2.32. The molecule has 0 aromatic heterocycles. The fourth-order valence-electron chi connectivity index (χ4n) is 3.20. The van der Waals surface area contributed by atoms with E-state index in [4.69, 9.17) is 0 Å². The molecule has 1 aromatic carbocycles. The normalized spacial score (nSPS) is 28.2. The van der Waals surface area contributed by atoms with Crippen molar-refractivity contribution in [1.82, 2.24) is 5.32 Å². The van der Waals surface area contributed by atoms with E-state index < -0.39 is 5.60 Å². The van der Waals surface area contributed by atoms with Gasteiger partial charge in [-0.2, -0.15) is 0 Å². The molecule has 0 heterocycles. The van der Waals surface area contributed by atoms with Crippen LogP contribution in [0.25, 0.3) is 0 Å². The van der Waals surface area contributed by atoms with Crippen molar-refractivity contribution >= 4 is 0 Å². The lowest BCUT2D eigenvalue weighted by molar-refractivity contribution is -0.0102. The van der Waals surface area contributed by atoms with Crippen LogP contribution >= 0.6 is 0 Å². The quantitative estimate of drug-likeness (QED) is 0.832. The van der Waals surface area contributed by atoms with Crippen molar-refractivity contribution in [1.29, 1.82) is 0 Å². The smallest absolute Gasteiger partial charge is 0.0771 e. The highest BCUT2D eigenvalue weighted by atomic mass is 16.3.